The fourth-order valence-electron chi connectivity index (χ4n) is 2.19. The maximum atomic E-state index is 11.4. The summed E-state index contributed by atoms with van der Waals surface area (Å²) in [7, 11) is -3.55. The number of benzene rings is 1. The average Bonchev–Trinajstić information content (AvgIpc) is 2.40. The minimum Gasteiger partial charge on any atom is -0.372 e. The van der Waals surface area contributed by atoms with E-state index in [-0.39, 0.29) is 0 Å². The lowest BCUT2D eigenvalue weighted by atomic mass is 10.1. The van der Waals surface area contributed by atoms with E-state index in [2.05, 4.69) is 9.62 Å². The molecule has 1 aliphatic rings. The molecule has 1 heterocycles. The SMILES string of the molecule is N#CCS(=O)(=O)Nc1ccc(N2CCCCC2)cc1. The Morgan fingerprint density at radius 3 is 2.37 bits per heavy atom. The molecule has 1 aromatic rings. The van der Waals surface area contributed by atoms with E-state index in [1.807, 2.05) is 12.1 Å². The lowest BCUT2D eigenvalue weighted by Crippen LogP contribution is -2.29. The second kappa shape index (κ2) is 5.93. The number of anilines is 2. The first-order chi connectivity index (χ1) is 9.11. The number of nitrogens with one attached hydrogen (secondary N) is 1. The number of hydrogen-bond acceptors (Lipinski definition) is 4. The van der Waals surface area contributed by atoms with Gasteiger partial charge in [0, 0.05) is 24.5 Å². The van der Waals surface area contributed by atoms with Crippen molar-refractivity contribution >= 4 is 21.4 Å². The Hall–Kier alpha value is -1.74. The van der Waals surface area contributed by atoms with Crippen LogP contribution in [0.1, 0.15) is 19.3 Å². The molecule has 0 atom stereocenters. The number of hydrogen-bond donors (Lipinski definition) is 1. The van der Waals surface area contributed by atoms with Crippen LogP contribution >= 0.6 is 0 Å². The quantitative estimate of drug-likeness (QED) is 0.914. The summed E-state index contributed by atoms with van der Waals surface area (Å²) in [6, 6.07) is 8.93. The van der Waals surface area contributed by atoms with Crippen molar-refractivity contribution in [2.24, 2.45) is 0 Å². The summed E-state index contributed by atoms with van der Waals surface area (Å²) in [5.41, 5.74) is 1.61. The highest BCUT2D eigenvalue weighted by Gasteiger charge is 2.12. The summed E-state index contributed by atoms with van der Waals surface area (Å²) < 4.78 is 25.3. The number of nitriles is 1. The Morgan fingerprint density at radius 1 is 1.16 bits per heavy atom. The fraction of sp³-hybridized carbons (Fsp3) is 0.462. The van der Waals surface area contributed by atoms with Gasteiger partial charge < -0.3 is 4.90 Å². The number of sulfonamides is 1. The van der Waals surface area contributed by atoms with E-state index < -0.39 is 15.8 Å². The first-order valence-corrected chi connectivity index (χ1v) is 7.98. The lowest BCUT2D eigenvalue weighted by Gasteiger charge is -2.28. The first-order valence-electron chi connectivity index (χ1n) is 6.33. The third-order valence-corrected chi connectivity index (χ3v) is 4.17. The Morgan fingerprint density at radius 2 is 1.79 bits per heavy atom. The molecule has 5 nitrogen and oxygen atoms in total. The second-order valence-electron chi connectivity index (χ2n) is 4.61. The molecule has 19 heavy (non-hydrogen) atoms. The van der Waals surface area contributed by atoms with Crippen molar-refractivity contribution in [3.05, 3.63) is 24.3 Å². The number of nitrogens with zero attached hydrogens (tertiary/aromatic N) is 2. The van der Waals surface area contributed by atoms with Crippen LogP contribution < -0.4 is 9.62 Å². The summed E-state index contributed by atoms with van der Waals surface area (Å²) in [6.07, 6.45) is 3.69. The van der Waals surface area contributed by atoms with E-state index in [1.165, 1.54) is 19.3 Å². The molecule has 1 N–H and O–H groups in total. The predicted molar refractivity (Wildman–Crippen MR) is 75.5 cm³/mol. The van der Waals surface area contributed by atoms with Crippen molar-refractivity contribution in [2.45, 2.75) is 19.3 Å². The third kappa shape index (κ3) is 3.86. The van der Waals surface area contributed by atoms with Gasteiger partial charge in [0.1, 0.15) is 0 Å². The van der Waals surface area contributed by atoms with Gasteiger partial charge in [0.25, 0.3) is 0 Å². The van der Waals surface area contributed by atoms with E-state index in [0.29, 0.717) is 5.69 Å². The van der Waals surface area contributed by atoms with Crippen LogP contribution in [0.15, 0.2) is 24.3 Å². The minimum absolute atomic E-state index is 0.496. The smallest absolute Gasteiger partial charge is 0.246 e. The summed E-state index contributed by atoms with van der Waals surface area (Å²) in [5.74, 6) is -0.527. The molecule has 0 radical (unpaired) electrons. The number of rotatable bonds is 4. The van der Waals surface area contributed by atoms with Crippen LogP contribution in [0.4, 0.5) is 11.4 Å². The molecule has 6 heteroatoms. The second-order valence-corrected chi connectivity index (χ2v) is 6.34. The Balaban J connectivity index is 2.04. The van der Waals surface area contributed by atoms with Crippen LogP contribution in [0.25, 0.3) is 0 Å². The Bertz CT molecular complexity index is 555. The van der Waals surface area contributed by atoms with E-state index in [9.17, 15) is 8.42 Å². The standard InChI is InChI=1S/C13H17N3O2S/c14-8-11-19(17,18)15-12-4-6-13(7-5-12)16-9-2-1-3-10-16/h4-7,15H,1-3,9-11H2. The molecule has 1 aliphatic heterocycles. The van der Waals surface area contributed by atoms with E-state index in [4.69, 9.17) is 5.26 Å². The van der Waals surface area contributed by atoms with Gasteiger partial charge in [0.2, 0.25) is 10.0 Å². The van der Waals surface area contributed by atoms with Gasteiger partial charge in [-0.2, -0.15) is 5.26 Å². The predicted octanol–water partition coefficient (Wildman–Crippen LogP) is 1.94. The van der Waals surface area contributed by atoms with Gasteiger partial charge in [0.05, 0.1) is 6.07 Å². The zero-order chi connectivity index (χ0) is 13.7. The van der Waals surface area contributed by atoms with E-state index >= 15 is 0 Å². The van der Waals surface area contributed by atoms with Gasteiger partial charge in [-0.3, -0.25) is 4.72 Å². The summed E-state index contributed by atoms with van der Waals surface area (Å²) in [5, 5.41) is 8.42. The Kier molecular flexibility index (Phi) is 4.27. The monoisotopic (exact) mass is 279 g/mol. The largest absolute Gasteiger partial charge is 0.372 e. The van der Waals surface area contributed by atoms with E-state index in [1.54, 1.807) is 18.2 Å². The normalized spacial score (nSPS) is 15.8. The van der Waals surface area contributed by atoms with Crippen LogP contribution in [0.3, 0.4) is 0 Å². The molecule has 0 unspecified atom stereocenters. The maximum Gasteiger partial charge on any atom is 0.246 e. The topological polar surface area (TPSA) is 73.2 Å². The highest BCUT2D eigenvalue weighted by Crippen LogP contribution is 2.22. The molecule has 0 bridgehead atoms. The molecular formula is C13H17N3O2S. The maximum absolute atomic E-state index is 11.4. The number of piperidine rings is 1. The third-order valence-electron chi connectivity index (χ3n) is 3.12. The van der Waals surface area contributed by atoms with E-state index in [0.717, 1.165) is 18.8 Å². The van der Waals surface area contributed by atoms with Crippen LogP contribution in [0.5, 0.6) is 0 Å². The molecule has 102 valence electrons. The highest BCUT2D eigenvalue weighted by atomic mass is 32.2. The van der Waals surface area contributed by atoms with Gasteiger partial charge >= 0.3 is 0 Å². The van der Waals surface area contributed by atoms with Gasteiger partial charge in [-0.25, -0.2) is 8.42 Å². The van der Waals surface area contributed by atoms with Gasteiger partial charge in [-0.05, 0) is 43.5 Å². The molecule has 0 saturated carbocycles. The van der Waals surface area contributed by atoms with Crippen molar-refractivity contribution in [2.75, 3.05) is 28.5 Å². The van der Waals surface area contributed by atoms with Gasteiger partial charge in [-0.15, -0.1) is 0 Å². The molecule has 0 aromatic heterocycles. The van der Waals surface area contributed by atoms with Crippen LogP contribution in [-0.4, -0.2) is 27.3 Å². The zero-order valence-corrected chi connectivity index (χ0v) is 11.5. The summed E-state index contributed by atoms with van der Waals surface area (Å²) in [6.45, 7) is 2.11. The highest BCUT2D eigenvalue weighted by molar-refractivity contribution is 7.92. The Labute approximate surface area is 113 Å². The molecule has 0 spiro atoms. The van der Waals surface area contributed by atoms with Gasteiger partial charge in [0.15, 0.2) is 5.75 Å². The molecule has 2 rings (SSSR count). The average molecular weight is 279 g/mol. The first kappa shape index (κ1) is 13.7. The van der Waals surface area contributed by atoms with Crippen molar-refractivity contribution in [3.8, 4) is 6.07 Å². The van der Waals surface area contributed by atoms with Crippen molar-refractivity contribution in [1.82, 2.24) is 0 Å². The molecule has 0 aliphatic carbocycles. The van der Waals surface area contributed by atoms with Crippen molar-refractivity contribution < 1.29 is 8.42 Å². The van der Waals surface area contributed by atoms with Crippen LogP contribution in [-0.2, 0) is 10.0 Å². The summed E-state index contributed by atoms with van der Waals surface area (Å²) >= 11 is 0. The summed E-state index contributed by atoms with van der Waals surface area (Å²) in [4.78, 5) is 2.30. The van der Waals surface area contributed by atoms with Crippen LogP contribution in [0, 0.1) is 11.3 Å². The molecule has 1 aromatic carbocycles. The minimum atomic E-state index is -3.55. The van der Waals surface area contributed by atoms with Crippen molar-refractivity contribution in [3.63, 3.8) is 0 Å². The molecule has 1 fully saturated rings. The fourth-order valence-corrected chi connectivity index (χ4v) is 2.93. The molecular weight excluding hydrogens is 262 g/mol. The van der Waals surface area contributed by atoms with Gasteiger partial charge in [-0.1, -0.05) is 0 Å². The molecule has 1 saturated heterocycles. The lowest BCUT2D eigenvalue weighted by molar-refractivity contribution is 0.578. The van der Waals surface area contributed by atoms with Crippen molar-refractivity contribution in [1.29, 1.82) is 5.26 Å². The van der Waals surface area contributed by atoms with Crippen LogP contribution in [0.2, 0.25) is 0 Å². The molecule has 0 amide bonds. The zero-order valence-electron chi connectivity index (χ0n) is 10.7.